The zero-order chi connectivity index (χ0) is 13.8. The molecule has 1 N–H and O–H groups in total. The lowest BCUT2D eigenvalue weighted by molar-refractivity contribution is 0.280. The van der Waals surface area contributed by atoms with E-state index in [-0.39, 0.29) is 6.61 Å². The Bertz CT molecular complexity index is 544. The average molecular weight is 592 g/mol. The van der Waals surface area contributed by atoms with Gasteiger partial charge in [-0.3, -0.25) is 0 Å². The molecule has 2 aromatic rings. The summed E-state index contributed by atoms with van der Waals surface area (Å²) in [5.41, 5.74) is 2.06. The molecule has 0 aliphatic carbocycles. The molecule has 100 valence electrons. The molecule has 0 radical (unpaired) electrons. The molecule has 2 aromatic carbocycles. The molecule has 0 saturated carbocycles. The van der Waals surface area contributed by atoms with Gasteiger partial charge in [-0.25, -0.2) is 0 Å². The normalized spacial score (nSPS) is 10.5. The molecule has 2 rings (SSSR count). The van der Waals surface area contributed by atoms with Crippen molar-refractivity contribution in [3.05, 3.63) is 58.2 Å². The molecular weight excluding hydrogens is 581 g/mol. The summed E-state index contributed by atoms with van der Waals surface area (Å²) < 4.78 is 9.17. The summed E-state index contributed by atoms with van der Waals surface area (Å²) >= 11 is 6.77. The van der Waals surface area contributed by atoms with Crippen LogP contribution in [0.25, 0.3) is 0 Å². The van der Waals surface area contributed by atoms with Gasteiger partial charge < -0.3 is 9.84 Å². The molecule has 0 aromatic heterocycles. The summed E-state index contributed by atoms with van der Waals surface area (Å²) in [7, 11) is 0. The van der Waals surface area contributed by atoms with Crippen molar-refractivity contribution in [2.45, 2.75) is 13.2 Å². The van der Waals surface area contributed by atoms with Crippen LogP contribution in [-0.4, -0.2) is 5.11 Å². The van der Waals surface area contributed by atoms with Gasteiger partial charge in [0.25, 0.3) is 0 Å². The van der Waals surface area contributed by atoms with Crippen molar-refractivity contribution in [2.24, 2.45) is 0 Å². The molecule has 2 nitrogen and oxygen atoms in total. The Hall–Kier alpha value is 0.390. The van der Waals surface area contributed by atoms with Gasteiger partial charge in [-0.15, -0.1) is 0 Å². The Morgan fingerprint density at radius 2 is 1.47 bits per heavy atom. The van der Waals surface area contributed by atoms with Crippen molar-refractivity contribution < 1.29 is 9.84 Å². The van der Waals surface area contributed by atoms with E-state index >= 15 is 0 Å². The summed E-state index contributed by atoms with van der Waals surface area (Å²) in [5, 5.41) is 9.16. The fourth-order valence-corrected chi connectivity index (χ4v) is 4.15. The quantitative estimate of drug-likeness (QED) is 0.528. The Morgan fingerprint density at radius 3 is 2.00 bits per heavy atom. The van der Waals surface area contributed by atoms with Crippen LogP contribution in [0.2, 0.25) is 0 Å². The number of rotatable bonds is 4. The lowest BCUT2D eigenvalue weighted by Gasteiger charge is -2.12. The van der Waals surface area contributed by atoms with Crippen LogP contribution in [0.1, 0.15) is 11.1 Å². The van der Waals surface area contributed by atoms with Crippen molar-refractivity contribution >= 4 is 67.8 Å². The van der Waals surface area contributed by atoms with E-state index < -0.39 is 0 Å². The van der Waals surface area contributed by atoms with E-state index in [4.69, 9.17) is 9.84 Å². The van der Waals surface area contributed by atoms with Gasteiger partial charge in [0.15, 0.2) is 0 Å². The van der Waals surface area contributed by atoms with Gasteiger partial charge in [-0.2, -0.15) is 0 Å². The first-order valence-electron chi connectivity index (χ1n) is 5.56. The maximum Gasteiger partial charge on any atom is 0.146 e. The van der Waals surface area contributed by atoms with Gasteiger partial charge in [0.2, 0.25) is 0 Å². The SMILES string of the molecule is OCc1cc(I)c(OCc2ccc(I)cc2)c(I)c1. The summed E-state index contributed by atoms with van der Waals surface area (Å²) in [5.74, 6) is 0.886. The van der Waals surface area contributed by atoms with E-state index in [1.165, 1.54) is 3.57 Å². The van der Waals surface area contributed by atoms with Crippen LogP contribution in [0.15, 0.2) is 36.4 Å². The summed E-state index contributed by atoms with van der Waals surface area (Å²) in [6, 6.07) is 12.2. The van der Waals surface area contributed by atoms with Gasteiger partial charge in [0.1, 0.15) is 12.4 Å². The predicted octanol–water partition coefficient (Wildman–Crippen LogP) is 4.57. The number of ether oxygens (including phenoxy) is 1. The first kappa shape index (κ1) is 15.8. The first-order valence-corrected chi connectivity index (χ1v) is 8.80. The molecule has 0 atom stereocenters. The minimum absolute atomic E-state index is 0.0589. The molecule has 5 heteroatoms. The second-order valence-electron chi connectivity index (χ2n) is 3.96. The van der Waals surface area contributed by atoms with Crippen LogP contribution < -0.4 is 4.74 Å². The number of hydrogen-bond donors (Lipinski definition) is 1. The second-order valence-corrected chi connectivity index (χ2v) is 7.53. The van der Waals surface area contributed by atoms with Crippen LogP contribution >= 0.6 is 67.8 Å². The minimum atomic E-state index is 0.0589. The number of aliphatic hydroxyl groups excluding tert-OH is 1. The molecule has 0 unspecified atom stereocenters. The third-order valence-corrected chi connectivity index (χ3v) is 4.86. The largest absolute Gasteiger partial charge is 0.487 e. The van der Waals surface area contributed by atoms with Crippen LogP contribution in [0, 0.1) is 10.7 Å². The van der Waals surface area contributed by atoms with E-state index in [0.717, 1.165) is 24.0 Å². The Balaban J connectivity index is 2.13. The fraction of sp³-hybridized carbons (Fsp3) is 0.143. The maximum atomic E-state index is 9.16. The van der Waals surface area contributed by atoms with E-state index in [0.29, 0.717) is 6.61 Å². The summed E-state index contributed by atoms with van der Waals surface area (Å²) in [4.78, 5) is 0. The van der Waals surface area contributed by atoms with E-state index in [9.17, 15) is 0 Å². The summed E-state index contributed by atoms with van der Waals surface area (Å²) in [6.07, 6.45) is 0. The molecule has 19 heavy (non-hydrogen) atoms. The highest BCUT2D eigenvalue weighted by atomic mass is 127. The van der Waals surface area contributed by atoms with Crippen LogP contribution in [0.4, 0.5) is 0 Å². The molecule has 0 fully saturated rings. The number of hydrogen-bond acceptors (Lipinski definition) is 2. The smallest absolute Gasteiger partial charge is 0.146 e. The van der Waals surface area contributed by atoms with Gasteiger partial charge in [0.05, 0.1) is 13.7 Å². The third kappa shape index (κ3) is 4.43. The lowest BCUT2D eigenvalue weighted by Crippen LogP contribution is -2.00. The van der Waals surface area contributed by atoms with Crippen molar-refractivity contribution in [1.29, 1.82) is 0 Å². The van der Waals surface area contributed by atoms with E-state index in [2.05, 4.69) is 92.0 Å². The maximum absolute atomic E-state index is 9.16. The lowest BCUT2D eigenvalue weighted by atomic mass is 10.2. The summed E-state index contributed by atoms with van der Waals surface area (Å²) in [6.45, 7) is 0.616. The molecule has 0 saturated heterocycles. The number of aliphatic hydroxyl groups is 1. The molecule has 0 heterocycles. The van der Waals surface area contributed by atoms with Crippen LogP contribution in [0.3, 0.4) is 0 Å². The Morgan fingerprint density at radius 1 is 0.895 bits per heavy atom. The second kappa shape index (κ2) is 7.41. The molecule has 0 bridgehead atoms. The molecule has 0 amide bonds. The number of halogens is 3. The molecular formula is C14H11I3O2. The predicted molar refractivity (Wildman–Crippen MR) is 101 cm³/mol. The monoisotopic (exact) mass is 592 g/mol. The van der Waals surface area contributed by atoms with Gasteiger partial charge in [-0.05, 0) is 103 Å². The Kier molecular flexibility index (Phi) is 6.15. The first-order chi connectivity index (χ1) is 9.10. The molecule has 0 aliphatic rings. The highest BCUT2D eigenvalue weighted by Gasteiger charge is 2.09. The van der Waals surface area contributed by atoms with E-state index in [1.807, 2.05) is 12.1 Å². The van der Waals surface area contributed by atoms with Crippen molar-refractivity contribution in [1.82, 2.24) is 0 Å². The number of benzene rings is 2. The van der Waals surface area contributed by atoms with Crippen LogP contribution in [-0.2, 0) is 13.2 Å². The highest BCUT2D eigenvalue weighted by Crippen LogP contribution is 2.29. The third-order valence-electron chi connectivity index (χ3n) is 2.54. The minimum Gasteiger partial charge on any atom is -0.487 e. The van der Waals surface area contributed by atoms with Crippen molar-refractivity contribution in [3.8, 4) is 5.75 Å². The van der Waals surface area contributed by atoms with Gasteiger partial charge >= 0.3 is 0 Å². The molecule has 0 aliphatic heterocycles. The van der Waals surface area contributed by atoms with Gasteiger partial charge in [0, 0.05) is 3.57 Å². The van der Waals surface area contributed by atoms with Crippen LogP contribution in [0.5, 0.6) is 5.75 Å². The topological polar surface area (TPSA) is 29.5 Å². The van der Waals surface area contributed by atoms with Crippen molar-refractivity contribution in [2.75, 3.05) is 0 Å². The van der Waals surface area contributed by atoms with Crippen molar-refractivity contribution in [3.63, 3.8) is 0 Å². The highest BCUT2D eigenvalue weighted by molar-refractivity contribution is 14.1. The van der Waals surface area contributed by atoms with Gasteiger partial charge in [-0.1, -0.05) is 12.1 Å². The zero-order valence-corrected chi connectivity index (χ0v) is 16.3. The molecule has 0 spiro atoms. The average Bonchev–Trinajstić information content (AvgIpc) is 2.39. The van der Waals surface area contributed by atoms with E-state index in [1.54, 1.807) is 0 Å². The Labute approximate surface area is 153 Å². The zero-order valence-electron chi connectivity index (χ0n) is 9.87. The standard InChI is InChI=1S/C14H11I3O2/c15-11-3-1-9(2-4-11)8-19-14-12(16)5-10(7-18)6-13(14)17/h1-6,18H,7-8H2. The fourth-order valence-electron chi connectivity index (χ4n) is 1.58.